The summed E-state index contributed by atoms with van der Waals surface area (Å²) < 4.78 is 0. The van der Waals surface area contributed by atoms with Crippen LogP contribution in [-0.2, 0) is 0 Å². The van der Waals surface area contributed by atoms with Crippen LogP contribution in [0, 0.1) is 5.92 Å². The van der Waals surface area contributed by atoms with Crippen LogP contribution in [0.1, 0.15) is 50.0 Å². The molecule has 2 unspecified atom stereocenters. The van der Waals surface area contributed by atoms with E-state index in [4.69, 9.17) is 5.73 Å². The molecule has 1 aromatic carbocycles. The van der Waals surface area contributed by atoms with Crippen molar-refractivity contribution in [2.75, 3.05) is 19.6 Å². The third kappa shape index (κ3) is 3.42. The van der Waals surface area contributed by atoms with E-state index in [1.807, 2.05) is 0 Å². The molecule has 1 saturated heterocycles. The fourth-order valence-corrected chi connectivity index (χ4v) is 4.01. The zero-order valence-corrected chi connectivity index (χ0v) is 12.5. The average Bonchev–Trinajstić information content (AvgIpc) is 2.51. The number of nitrogens with zero attached hydrogens (tertiary/aromatic N) is 1. The molecule has 1 aliphatic heterocycles. The summed E-state index contributed by atoms with van der Waals surface area (Å²) in [5, 5.41) is 0. The van der Waals surface area contributed by atoms with Gasteiger partial charge in [0.05, 0.1) is 0 Å². The maximum atomic E-state index is 6.32. The van der Waals surface area contributed by atoms with E-state index in [1.165, 1.54) is 63.7 Å². The van der Waals surface area contributed by atoms with E-state index in [2.05, 4.69) is 35.2 Å². The molecule has 1 aromatic rings. The van der Waals surface area contributed by atoms with Crippen molar-refractivity contribution in [3.05, 3.63) is 35.9 Å². The first-order valence-electron chi connectivity index (χ1n) is 8.36. The lowest BCUT2D eigenvalue weighted by molar-refractivity contribution is 0.149. The zero-order chi connectivity index (χ0) is 13.8. The first-order valence-corrected chi connectivity index (χ1v) is 8.36. The first kappa shape index (κ1) is 14.1. The second kappa shape index (κ2) is 6.73. The quantitative estimate of drug-likeness (QED) is 0.914. The average molecular weight is 272 g/mol. The molecule has 0 spiro atoms. The van der Waals surface area contributed by atoms with Gasteiger partial charge in [-0.3, -0.25) is 0 Å². The molecule has 1 heterocycles. The maximum Gasteiger partial charge on any atom is 0.00793 e. The number of nitrogens with two attached hydrogens (primary N) is 1. The van der Waals surface area contributed by atoms with Crippen molar-refractivity contribution >= 4 is 0 Å². The molecule has 3 rings (SSSR count). The smallest absolute Gasteiger partial charge is 0.00793 e. The highest BCUT2D eigenvalue weighted by Gasteiger charge is 2.27. The van der Waals surface area contributed by atoms with Gasteiger partial charge in [0, 0.05) is 19.1 Å². The van der Waals surface area contributed by atoms with Gasteiger partial charge in [-0.1, -0.05) is 43.2 Å². The number of likely N-dealkylation sites (tertiary alicyclic amines) is 1. The van der Waals surface area contributed by atoms with Crippen LogP contribution < -0.4 is 5.73 Å². The van der Waals surface area contributed by atoms with E-state index in [0.717, 1.165) is 11.8 Å². The lowest BCUT2D eigenvalue weighted by Gasteiger charge is -2.38. The number of benzene rings is 1. The molecule has 20 heavy (non-hydrogen) atoms. The van der Waals surface area contributed by atoms with Crippen LogP contribution in [0.4, 0.5) is 0 Å². The zero-order valence-electron chi connectivity index (χ0n) is 12.5. The number of rotatable bonds is 3. The number of hydrogen-bond donors (Lipinski definition) is 1. The Bertz CT molecular complexity index is 403. The lowest BCUT2D eigenvalue weighted by Crippen LogP contribution is -2.44. The standard InChI is InChI=1S/C18H28N2/c19-18-11-5-4-9-17(18)14-20-12-6-10-16(13-20)15-7-2-1-3-8-15/h1-3,7-8,16-18H,4-6,9-14,19H2/t16?,17-,18?/m1/s1. The van der Waals surface area contributed by atoms with E-state index >= 15 is 0 Å². The summed E-state index contributed by atoms with van der Waals surface area (Å²) in [7, 11) is 0. The molecule has 1 saturated carbocycles. The molecule has 3 atom stereocenters. The van der Waals surface area contributed by atoms with Gasteiger partial charge in [-0.05, 0) is 49.6 Å². The summed E-state index contributed by atoms with van der Waals surface area (Å²) in [6, 6.07) is 11.5. The van der Waals surface area contributed by atoms with Crippen molar-refractivity contribution in [1.82, 2.24) is 4.90 Å². The van der Waals surface area contributed by atoms with Gasteiger partial charge < -0.3 is 10.6 Å². The fraction of sp³-hybridized carbons (Fsp3) is 0.667. The molecule has 0 aromatic heterocycles. The third-order valence-electron chi connectivity index (χ3n) is 5.24. The maximum absolute atomic E-state index is 6.32. The Morgan fingerprint density at radius 3 is 2.60 bits per heavy atom. The van der Waals surface area contributed by atoms with Gasteiger partial charge in [-0.15, -0.1) is 0 Å². The molecule has 2 N–H and O–H groups in total. The van der Waals surface area contributed by atoms with Crippen molar-refractivity contribution in [3.63, 3.8) is 0 Å². The second-order valence-electron chi connectivity index (χ2n) is 6.72. The minimum Gasteiger partial charge on any atom is -0.327 e. The monoisotopic (exact) mass is 272 g/mol. The van der Waals surface area contributed by atoms with Crippen LogP contribution in [0.5, 0.6) is 0 Å². The topological polar surface area (TPSA) is 29.3 Å². The molecule has 2 aliphatic rings. The van der Waals surface area contributed by atoms with Crippen LogP contribution in [0.15, 0.2) is 30.3 Å². The van der Waals surface area contributed by atoms with Crippen LogP contribution in [0.25, 0.3) is 0 Å². The van der Waals surface area contributed by atoms with Gasteiger partial charge in [0.15, 0.2) is 0 Å². The van der Waals surface area contributed by atoms with Crippen molar-refractivity contribution < 1.29 is 0 Å². The van der Waals surface area contributed by atoms with Crippen molar-refractivity contribution in [3.8, 4) is 0 Å². The Morgan fingerprint density at radius 2 is 1.80 bits per heavy atom. The Labute approximate surface area is 123 Å². The van der Waals surface area contributed by atoms with Gasteiger partial charge >= 0.3 is 0 Å². The van der Waals surface area contributed by atoms with Gasteiger partial charge in [0.1, 0.15) is 0 Å². The fourth-order valence-electron chi connectivity index (χ4n) is 4.01. The van der Waals surface area contributed by atoms with Crippen molar-refractivity contribution in [2.24, 2.45) is 11.7 Å². The predicted octanol–water partition coefficient (Wildman–Crippen LogP) is 3.38. The number of hydrogen-bond acceptors (Lipinski definition) is 2. The highest BCUT2D eigenvalue weighted by molar-refractivity contribution is 5.20. The summed E-state index contributed by atoms with van der Waals surface area (Å²) in [6.45, 7) is 3.73. The van der Waals surface area contributed by atoms with Gasteiger partial charge in [0.2, 0.25) is 0 Å². The summed E-state index contributed by atoms with van der Waals surface area (Å²) >= 11 is 0. The van der Waals surface area contributed by atoms with Crippen molar-refractivity contribution in [1.29, 1.82) is 0 Å². The molecular weight excluding hydrogens is 244 g/mol. The summed E-state index contributed by atoms with van der Waals surface area (Å²) in [4.78, 5) is 2.68. The SMILES string of the molecule is NC1CCCC[C@@H]1CN1CCCC(c2ccccc2)C1. The Balaban J connectivity index is 1.58. The molecule has 2 fully saturated rings. The van der Waals surface area contributed by atoms with Crippen LogP contribution >= 0.6 is 0 Å². The summed E-state index contributed by atoms with van der Waals surface area (Å²) in [6.07, 6.45) is 7.98. The molecule has 2 nitrogen and oxygen atoms in total. The summed E-state index contributed by atoms with van der Waals surface area (Å²) in [5.41, 5.74) is 7.83. The highest BCUT2D eigenvalue weighted by atomic mass is 15.1. The second-order valence-corrected chi connectivity index (χ2v) is 6.72. The lowest BCUT2D eigenvalue weighted by atomic mass is 9.83. The van der Waals surface area contributed by atoms with E-state index in [-0.39, 0.29) is 0 Å². The van der Waals surface area contributed by atoms with E-state index in [9.17, 15) is 0 Å². The van der Waals surface area contributed by atoms with E-state index < -0.39 is 0 Å². The Morgan fingerprint density at radius 1 is 1.00 bits per heavy atom. The minimum absolute atomic E-state index is 0.445. The molecule has 0 radical (unpaired) electrons. The van der Waals surface area contributed by atoms with E-state index in [0.29, 0.717) is 6.04 Å². The van der Waals surface area contributed by atoms with Crippen LogP contribution in [0.3, 0.4) is 0 Å². The molecule has 1 aliphatic carbocycles. The van der Waals surface area contributed by atoms with Gasteiger partial charge in [0.25, 0.3) is 0 Å². The van der Waals surface area contributed by atoms with E-state index in [1.54, 1.807) is 0 Å². The third-order valence-corrected chi connectivity index (χ3v) is 5.24. The minimum atomic E-state index is 0.445. The largest absolute Gasteiger partial charge is 0.327 e. The first-order chi connectivity index (χ1) is 9.83. The molecule has 2 heteroatoms. The van der Waals surface area contributed by atoms with Gasteiger partial charge in [-0.25, -0.2) is 0 Å². The molecule has 0 amide bonds. The molecule has 0 bridgehead atoms. The van der Waals surface area contributed by atoms with Crippen LogP contribution in [-0.4, -0.2) is 30.6 Å². The Hall–Kier alpha value is -0.860. The van der Waals surface area contributed by atoms with Gasteiger partial charge in [-0.2, -0.15) is 0 Å². The van der Waals surface area contributed by atoms with Crippen LogP contribution in [0.2, 0.25) is 0 Å². The normalized spacial score (nSPS) is 32.1. The molecular formula is C18H28N2. The predicted molar refractivity (Wildman–Crippen MR) is 84.8 cm³/mol. The Kier molecular flexibility index (Phi) is 4.74. The molecule has 110 valence electrons. The highest BCUT2D eigenvalue weighted by Crippen LogP contribution is 2.29. The van der Waals surface area contributed by atoms with Crippen molar-refractivity contribution in [2.45, 2.75) is 50.5 Å². The number of piperidine rings is 1. The summed E-state index contributed by atoms with van der Waals surface area (Å²) in [5.74, 6) is 1.46.